The summed E-state index contributed by atoms with van der Waals surface area (Å²) < 4.78 is 47.5. The first-order chi connectivity index (χ1) is 26.0. The van der Waals surface area contributed by atoms with Gasteiger partial charge in [-0.05, 0) is 20.8 Å². The van der Waals surface area contributed by atoms with Gasteiger partial charge < -0.3 is 58.0 Å². The number of hydrogen-bond donors (Lipinski definition) is 3. The van der Waals surface area contributed by atoms with E-state index in [4.69, 9.17) is 42.6 Å². The third-order valence-corrected chi connectivity index (χ3v) is 6.85. The summed E-state index contributed by atoms with van der Waals surface area (Å²) in [5.41, 5.74) is -5.16. The Balaban J connectivity index is 3.89. The van der Waals surface area contributed by atoms with Gasteiger partial charge in [-0.3, -0.25) is 0 Å². The number of nitrogens with zero attached hydrogens (tertiary/aromatic N) is 3. The number of aliphatic hydroxyl groups excluding tert-OH is 3. The van der Waals surface area contributed by atoms with Gasteiger partial charge in [0.25, 0.3) is 0 Å². The zero-order valence-corrected chi connectivity index (χ0v) is 30.6. The highest BCUT2D eigenvalue weighted by atomic mass is 16.7. The van der Waals surface area contributed by atoms with Crippen LogP contribution in [0, 0.1) is 0 Å². The molecular formula is C33H51N3O18. The van der Waals surface area contributed by atoms with Crippen molar-refractivity contribution >= 4 is 17.9 Å². The molecule has 1 rings (SSSR count). The van der Waals surface area contributed by atoms with Crippen LogP contribution in [-0.2, 0) is 57.0 Å². The molecule has 0 bridgehead atoms. The largest absolute Gasteiger partial charge is 0.459 e. The number of rotatable bonds is 30. The second-order valence-corrected chi connectivity index (χ2v) is 10.5. The first-order valence-electron chi connectivity index (χ1n) is 16.8. The van der Waals surface area contributed by atoms with E-state index in [1.54, 1.807) is 20.8 Å². The predicted molar refractivity (Wildman–Crippen MR) is 185 cm³/mol. The molecular weight excluding hydrogens is 726 g/mol. The molecule has 6 unspecified atom stereocenters. The maximum absolute atomic E-state index is 13.9. The van der Waals surface area contributed by atoms with E-state index in [1.165, 1.54) is 18.2 Å². The van der Waals surface area contributed by atoms with E-state index in [2.05, 4.69) is 19.7 Å². The van der Waals surface area contributed by atoms with Gasteiger partial charge in [-0.1, -0.05) is 18.2 Å². The van der Waals surface area contributed by atoms with E-state index < -0.39 is 112 Å². The average molecular weight is 778 g/mol. The zero-order valence-electron chi connectivity index (χ0n) is 30.6. The molecule has 0 aromatic carbocycles. The van der Waals surface area contributed by atoms with Crippen LogP contribution in [0.4, 0.5) is 0 Å². The third kappa shape index (κ3) is 14.2. The van der Waals surface area contributed by atoms with Crippen LogP contribution in [0.25, 0.3) is 0 Å². The Morgan fingerprint density at radius 1 is 0.519 bits per heavy atom. The van der Waals surface area contributed by atoms with Crippen LogP contribution in [0.5, 0.6) is 0 Å². The first-order valence-corrected chi connectivity index (χ1v) is 16.8. The van der Waals surface area contributed by atoms with Crippen molar-refractivity contribution in [2.75, 3.05) is 79.3 Å². The highest BCUT2D eigenvalue weighted by Gasteiger charge is 2.37. The lowest BCUT2D eigenvalue weighted by Crippen LogP contribution is -2.61. The summed E-state index contributed by atoms with van der Waals surface area (Å²) in [5, 5.41) is 30.8. The molecule has 21 nitrogen and oxygen atoms in total. The number of carbonyl (C=O) groups excluding carboxylic acids is 3. The zero-order chi connectivity index (χ0) is 40.6. The molecule has 21 heteroatoms. The number of ether oxygens (including phenoxy) is 9. The predicted octanol–water partition coefficient (Wildman–Crippen LogP) is -1.90. The third-order valence-electron chi connectivity index (χ3n) is 6.85. The van der Waals surface area contributed by atoms with Gasteiger partial charge in [0.05, 0.1) is 39.6 Å². The van der Waals surface area contributed by atoms with Crippen LogP contribution in [0.1, 0.15) is 38.9 Å². The second-order valence-electron chi connectivity index (χ2n) is 10.5. The molecule has 0 saturated carbocycles. The lowest BCUT2D eigenvalue weighted by atomic mass is 10.2. The summed E-state index contributed by atoms with van der Waals surface area (Å²) in [7, 11) is 0. The molecule has 6 atom stereocenters. The van der Waals surface area contributed by atoms with Gasteiger partial charge in [0.1, 0.15) is 19.8 Å². The van der Waals surface area contributed by atoms with Crippen LogP contribution in [-0.4, -0.2) is 145 Å². The van der Waals surface area contributed by atoms with Crippen LogP contribution >= 0.6 is 0 Å². The van der Waals surface area contributed by atoms with E-state index in [-0.39, 0.29) is 53.3 Å². The monoisotopic (exact) mass is 777 g/mol. The quantitative estimate of drug-likeness (QED) is 0.0333. The minimum atomic E-state index is -2.24. The van der Waals surface area contributed by atoms with Gasteiger partial charge in [-0.2, -0.15) is 0 Å². The molecule has 0 fully saturated rings. The summed E-state index contributed by atoms with van der Waals surface area (Å²) in [4.78, 5) is 81.7. The average Bonchev–Trinajstić information content (AvgIpc) is 3.16. The van der Waals surface area contributed by atoms with E-state index in [0.717, 1.165) is 0 Å². The smallest absolute Gasteiger partial charge is 0.338 e. The summed E-state index contributed by atoms with van der Waals surface area (Å²) in [5.74, 6) is -4.28. The lowest BCUT2D eigenvalue weighted by Gasteiger charge is -2.25. The minimum Gasteiger partial charge on any atom is -0.459 e. The SMILES string of the molecule is C=CCOC(COC(=O)C(CO)n1c(=O)n(C(CO)C(=O)OCC(OCC)OCC=C)c(=O)n(C(CO)C(=O)OCC(OCC)OCC=C)c1=O)OCC. The van der Waals surface area contributed by atoms with E-state index >= 15 is 0 Å². The molecule has 0 amide bonds. The fraction of sp³-hybridized carbons (Fsp3) is 0.636. The number of hydrogen-bond acceptors (Lipinski definition) is 18. The molecule has 3 N–H and O–H groups in total. The van der Waals surface area contributed by atoms with Crippen molar-refractivity contribution in [1.29, 1.82) is 0 Å². The molecule has 306 valence electrons. The Bertz CT molecular complexity index is 1310. The Labute approximate surface area is 310 Å². The van der Waals surface area contributed by atoms with Crippen LogP contribution < -0.4 is 17.1 Å². The van der Waals surface area contributed by atoms with Crippen LogP contribution in [0.15, 0.2) is 52.3 Å². The van der Waals surface area contributed by atoms with Gasteiger partial charge in [-0.15, -0.1) is 19.7 Å². The Morgan fingerprint density at radius 3 is 0.944 bits per heavy atom. The van der Waals surface area contributed by atoms with Crippen molar-refractivity contribution < 1.29 is 72.3 Å². The maximum atomic E-state index is 13.9. The summed E-state index contributed by atoms with van der Waals surface area (Å²) in [6, 6.07) is -6.71. The van der Waals surface area contributed by atoms with Gasteiger partial charge >= 0.3 is 35.0 Å². The van der Waals surface area contributed by atoms with Crippen molar-refractivity contribution in [3.05, 3.63) is 69.4 Å². The fourth-order valence-electron chi connectivity index (χ4n) is 4.43. The van der Waals surface area contributed by atoms with E-state index in [0.29, 0.717) is 0 Å². The second kappa shape index (κ2) is 26.5. The molecule has 0 radical (unpaired) electrons. The number of aromatic nitrogens is 3. The molecule has 1 aromatic heterocycles. The molecule has 1 aromatic rings. The molecule has 54 heavy (non-hydrogen) atoms. The lowest BCUT2D eigenvalue weighted by molar-refractivity contribution is -0.181. The highest BCUT2D eigenvalue weighted by Crippen LogP contribution is 2.12. The summed E-state index contributed by atoms with van der Waals surface area (Å²) in [6.07, 6.45) is 0.722. The van der Waals surface area contributed by atoms with Crippen molar-refractivity contribution in [3.8, 4) is 0 Å². The molecule has 0 aliphatic heterocycles. The van der Waals surface area contributed by atoms with Crippen molar-refractivity contribution in [2.45, 2.75) is 57.8 Å². The standard InChI is InChI=1S/C33H51N3O18/c1-7-13-49-25(46-10-4)19-52-28(40)22(16-37)34-31(43)35(23(17-38)29(41)53-20-26(47-11-5)50-14-8-2)33(45)36(32(34)44)24(18-39)30(42)54-21-27(48-12-6)51-15-9-3/h7-9,22-27,37-39H,1-3,10-21H2,4-6H3. The van der Waals surface area contributed by atoms with Gasteiger partial charge in [0.2, 0.25) is 0 Å². The van der Waals surface area contributed by atoms with Gasteiger partial charge in [-0.25, -0.2) is 42.5 Å². The molecule has 0 aliphatic carbocycles. The number of esters is 3. The number of aliphatic hydroxyl groups is 3. The molecule has 0 saturated heterocycles. The normalized spacial score (nSPS) is 14.6. The molecule has 0 spiro atoms. The molecule has 1 heterocycles. The van der Waals surface area contributed by atoms with Crippen molar-refractivity contribution in [1.82, 2.24) is 13.7 Å². The Kier molecular flexibility index (Phi) is 23.4. The highest BCUT2D eigenvalue weighted by molar-refractivity contribution is 5.76. The number of carbonyl (C=O) groups is 3. The maximum Gasteiger partial charge on any atom is 0.338 e. The van der Waals surface area contributed by atoms with Crippen LogP contribution in [0.2, 0.25) is 0 Å². The summed E-state index contributed by atoms with van der Waals surface area (Å²) in [6.45, 7) is 9.90. The van der Waals surface area contributed by atoms with Crippen molar-refractivity contribution in [2.24, 2.45) is 0 Å². The Morgan fingerprint density at radius 2 is 0.759 bits per heavy atom. The van der Waals surface area contributed by atoms with Gasteiger partial charge in [0, 0.05) is 19.8 Å². The van der Waals surface area contributed by atoms with E-state index in [9.17, 15) is 44.1 Å². The summed E-state index contributed by atoms with van der Waals surface area (Å²) >= 11 is 0. The van der Waals surface area contributed by atoms with Crippen LogP contribution in [0.3, 0.4) is 0 Å². The Hall–Kier alpha value is -4.32. The topological polar surface area (TPSA) is 261 Å². The fourth-order valence-corrected chi connectivity index (χ4v) is 4.43. The first kappa shape index (κ1) is 47.7. The van der Waals surface area contributed by atoms with Gasteiger partial charge in [0.15, 0.2) is 37.0 Å². The van der Waals surface area contributed by atoms with E-state index in [1.807, 2.05) is 0 Å². The van der Waals surface area contributed by atoms with Crippen molar-refractivity contribution in [3.63, 3.8) is 0 Å². The molecule has 0 aliphatic rings. The minimum absolute atomic E-state index is 0.00226.